The normalized spacial score (nSPS) is 10.1. The lowest BCUT2D eigenvalue weighted by atomic mass is 10.3. The molecule has 0 unspecified atom stereocenters. The van der Waals surface area contributed by atoms with Crippen molar-refractivity contribution in [3.05, 3.63) is 52.8 Å². The summed E-state index contributed by atoms with van der Waals surface area (Å²) < 4.78 is 7.44. The van der Waals surface area contributed by atoms with Gasteiger partial charge in [-0.1, -0.05) is 12.1 Å². The Labute approximate surface area is 102 Å². The summed E-state index contributed by atoms with van der Waals surface area (Å²) in [6, 6.07) is 11.2. The van der Waals surface area contributed by atoms with E-state index in [0.29, 0.717) is 5.69 Å². The maximum Gasteiger partial charge on any atom is 0.355 e. The second-order valence-corrected chi connectivity index (χ2v) is 4.06. The molecule has 2 aromatic rings. The number of para-hydroxylation sites is 1. The van der Waals surface area contributed by atoms with E-state index in [-0.39, 0.29) is 5.97 Å². The van der Waals surface area contributed by atoms with Crippen LogP contribution in [0.5, 0.6) is 0 Å². The van der Waals surface area contributed by atoms with Gasteiger partial charge in [0.2, 0.25) is 0 Å². The minimum Gasteiger partial charge on any atom is -0.464 e. The van der Waals surface area contributed by atoms with E-state index in [0.717, 1.165) is 10.2 Å². The van der Waals surface area contributed by atoms with Crippen molar-refractivity contribution in [2.75, 3.05) is 7.11 Å². The van der Waals surface area contributed by atoms with E-state index in [1.807, 2.05) is 36.5 Å². The van der Waals surface area contributed by atoms with Gasteiger partial charge in [-0.3, -0.25) is 0 Å². The van der Waals surface area contributed by atoms with Crippen LogP contribution in [0.25, 0.3) is 5.69 Å². The zero-order valence-corrected chi connectivity index (χ0v) is 10.3. The van der Waals surface area contributed by atoms with Crippen LogP contribution >= 0.6 is 15.9 Å². The Bertz CT molecular complexity index is 519. The second-order valence-electron chi connectivity index (χ2n) is 3.21. The average Bonchev–Trinajstić information content (AvgIpc) is 2.77. The van der Waals surface area contributed by atoms with E-state index in [1.54, 1.807) is 10.6 Å². The number of halogens is 1. The van der Waals surface area contributed by atoms with Crippen LogP contribution in [0.1, 0.15) is 10.5 Å². The minimum absolute atomic E-state index is 0.347. The number of ether oxygens (including phenoxy) is 1. The van der Waals surface area contributed by atoms with Crippen molar-refractivity contribution in [1.82, 2.24) is 4.57 Å². The average molecular weight is 280 g/mol. The van der Waals surface area contributed by atoms with Gasteiger partial charge in [-0.05, 0) is 40.2 Å². The number of carbonyl (C=O) groups excluding carboxylic acids is 1. The molecule has 0 atom stereocenters. The first-order valence-electron chi connectivity index (χ1n) is 4.74. The van der Waals surface area contributed by atoms with Crippen molar-refractivity contribution < 1.29 is 9.53 Å². The number of methoxy groups -OCH3 is 1. The van der Waals surface area contributed by atoms with Gasteiger partial charge in [0.05, 0.1) is 12.8 Å². The quantitative estimate of drug-likeness (QED) is 0.792. The highest BCUT2D eigenvalue weighted by Crippen LogP contribution is 2.22. The van der Waals surface area contributed by atoms with Crippen LogP contribution in [0.2, 0.25) is 0 Å². The highest BCUT2D eigenvalue weighted by molar-refractivity contribution is 9.10. The molecule has 0 aliphatic carbocycles. The Morgan fingerprint density at radius 1 is 1.25 bits per heavy atom. The van der Waals surface area contributed by atoms with E-state index >= 15 is 0 Å². The molecule has 82 valence electrons. The molecule has 1 aromatic heterocycles. The molecule has 4 heteroatoms. The third-order valence-corrected chi connectivity index (χ3v) is 2.93. The van der Waals surface area contributed by atoms with Gasteiger partial charge in [0.15, 0.2) is 0 Å². The molecule has 0 radical (unpaired) electrons. The third kappa shape index (κ3) is 1.88. The lowest BCUT2D eigenvalue weighted by Crippen LogP contribution is -2.08. The van der Waals surface area contributed by atoms with Crippen molar-refractivity contribution in [3.63, 3.8) is 0 Å². The molecule has 0 fully saturated rings. The summed E-state index contributed by atoms with van der Waals surface area (Å²) in [6.45, 7) is 0. The van der Waals surface area contributed by atoms with Gasteiger partial charge in [0.1, 0.15) is 5.69 Å². The van der Waals surface area contributed by atoms with Crippen LogP contribution in [-0.4, -0.2) is 17.6 Å². The predicted octanol–water partition coefficient (Wildman–Crippen LogP) is 3.03. The van der Waals surface area contributed by atoms with Gasteiger partial charge in [0.25, 0.3) is 0 Å². The molecule has 2 rings (SSSR count). The van der Waals surface area contributed by atoms with Gasteiger partial charge < -0.3 is 9.30 Å². The Hall–Kier alpha value is -1.55. The van der Waals surface area contributed by atoms with Crippen LogP contribution in [0.4, 0.5) is 0 Å². The van der Waals surface area contributed by atoms with E-state index in [4.69, 9.17) is 4.74 Å². The molecule has 0 aliphatic heterocycles. The van der Waals surface area contributed by atoms with Gasteiger partial charge in [-0.25, -0.2) is 4.79 Å². The first kappa shape index (κ1) is 11.0. The molecule has 3 nitrogen and oxygen atoms in total. The van der Waals surface area contributed by atoms with Crippen LogP contribution in [-0.2, 0) is 4.74 Å². The SMILES string of the molecule is COC(=O)c1cccn1-c1ccccc1Br. The summed E-state index contributed by atoms with van der Waals surface area (Å²) in [4.78, 5) is 11.5. The highest BCUT2D eigenvalue weighted by atomic mass is 79.9. The molecule has 0 bridgehead atoms. The first-order valence-corrected chi connectivity index (χ1v) is 5.54. The summed E-state index contributed by atoms with van der Waals surface area (Å²) in [5.41, 5.74) is 1.42. The maximum atomic E-state index is 11.5. The van der Waals surface area contributed by atoms with E-state index in [1.165, 1.54) is 7.11 Å². The molecule has 1 aromatic carbocycles. The van der Waals surface area contributed by atoms with Gasteiger partial charge >= 0.3 is 5.97 Å². The number of aromatic nitrogens is 1. The maximum absolute atomic E-state index is 11.5. The van der Waals surface area contributed by atoms with Gasteiger partial charge in [-0.15, -0.1) is 0 Å². The van der Waals surface area contributed by atoms with Crippen molar-refractivity contribution >= 4 is 21.9 Å². The van der Waals surface area contributed by atoms with Crippen LogP contribution < -0.4 is 0 Å². The fourth-order valence-corrected chi connectivity index (χ4v) is 1.98. The number of nitrogens with zero attached hydrogens (tertiary/aromatic N) is 1. The molecule has 0 spiro atoms. The highest BCUT2D eigenvalue weighted by Gasteiger charge is 2.13. The lowest BCUT2D eigenvalue weighted by Gasteiger charge is -2.09. The van der Waals surface area contributed by atoms with E-state index in [9.17, 15) is 4.79 Å². The largest absolute Gasteiger partial charge is 0.464 e. The van der Waals surface area contributed by atoms with E-state index < -0.39 is 0 Å². The summed E-state index contributed by atoms with van der Waals surface area (Å²) in [6.07, 6.45) is 1.83. The third-order valence-electron chi connectivity index (χ3n) is 2.26. The van der Waals surface area contributed by atoms with E-state index in [2.05, 4.69) is 15.9 Å². The zero-order valence-electron chi connectivity index (χ0n) is 8.68. The number of carbonyl (C=O) groups is 1. The molecule has 0 saturated heterocycles. The van der Waals surface area contributed by atoms with Crippen molar-refractivity contribution in [2.45, 2.75) is 0 Å². The predicted molar refractivity (Wildman–Crippen MR) is 64.8 cm³/mol. The molecular formula is C12H10BrNO2. The fourth-order valence-electron chi connectivity index (χ4n) is 1.51. The Kier molecular flexibility index (Phi) is 3.10. The summed E-state index contributed by atoms with van der Waals surface area (Å²) >= 11 is 3.45. The Morgan fingerprint density at radius 2 is 2.00 bits per heavy atom. The number of hydrogen-bond acceptors (Lipinski definition) is 2. The van der Waals surface area contributed by atoms with Crippen LogP contribution in [0.3, 0.4) is 0 Å². The van der Waals surface area contributed by atoms with Crippen LogP contribution in [0, 0.1) is 0 Å². The number of esters is 1. The first-order chi connectivity index (χ1) is 7.74. The van der Waals surface area contributed by atoms with Crippen molar-refractivity contribution in [2.24, 2.45) is 0 Å². The topological polar surface area (TPSA) is 31.2 Å². The molecule has 16 heavy (non-hydrogen) atoms. The monoisotopic (exact) mass is 279 g/mol. The zero-order chi connectivity index (χ0) is 11.5. The minimum atomic E-state index is -0.347. The van der Waals surface area contributed by atoms with Gasteiger partial charge in [-0.2, -0.15) is 0 Å². The standard InChI is InChI=1S/C12H10BrNO2/c1-16-12(15)11-7-4-8-14(11)10-6-3-2-5-9(10)13/h2-8H,1H3. The summed E-state index contributed by atoms with van der Waals surface area (Å²) in [7, 11) is 1.37. The number of hydrogen-bond donors (Lipinski definition) is 0. The molecule has 0 amide bonds. The molecule has 0 saturated carbocycles. The number of rotatable bonds is 2. The summed E-state index contributed by atoms with van der Waals surface area (Å²) in [5.74, 6) is -0.347. The Morgan fingerprint density at radius 3 is 2.69 bits per heavy atom. The summed E-state index contributed by atoms with van der Waals surface area (Å²) in [5, 5.41) is 0. The van der Waals surface area contributed by atoms with Crippen molar-refractivity contribution in [1.29, 1.82) is 0 Å². The lowest BCUT2D eigenvalue weighted by molar-refractivity contribution is 0.0591. The molecular weight excluding hydrogens is 270 g/mol. The fraction of sp³-hybridized carbons (Fsp3) is 0.0833. The smallest absolute Gasteiger partial charge is 0.355 e. The second kappa shape index (κ2) is 4.53. The Balaban J connectivity index is 2.53. The molecule has 0 aliphatic rings. The van der Waals surface area contributed by atoms with Crippen molar-refractivity contribution in [3.8, 4) is 5.69 Å². The molecule has 0 N–H and O–H groups in total. The number of benzene rings is 1. The van der Waals surface area contributed by atoms with Gasteiger partial charge in [0, 0.05) is 10.7 Å². The molecule has 1 heterocycles. The van der Waals surface area contributed by atoms with Crippen LogP contribution in [0.15, 0.2) is 47.1 Å².